The zero-order valence-corrected chi connectivity index (χ0v) is 31.5. The van der Waals surface area contributed by atoms with Gasteiger partial charge in [0.05, 0.1) is 5.69 Å². The van der Waals surface area contributed by atoms with Gasteiger partial charge in [-0.3, -0.25) is 0 Å². The minimum atomic E-state index is 1.09. The fourth-order valence-corrected chi connectivity index (χ4v) is 8.20. The molecular weight excluding hydrogens is 687 g/mol. The van der Waals surface area contributed by atoms with Crippen LogP contribution in [0.3, 0.4) is 0 Å². The van der Waals surface area contributed by atoms with E-state index < -0.39 is 0 Å². The molecular formula is C56H39N. The second-order valence-electron chi connectivity index (χ2n) is 14.5. The van der Waals surface area contributed by atoms with E-state index in [-0.39, 0.29) is 0 Å². The maximum Gasteiger partial charge on any atom is 0.0546 e. The molecule has 57 heavy (non-hydrogen) atoms. The third-order valence-corrected chi connectivity index (χ3v) is 11.1. The van der Waals surface area contributed by atoms with Gasteiger partial charge in [-0.05, 0) is 102 Å². The molecule has 0 aliphatic heterocycles. The van der Waals surface area contributed by atoms with Gasteiger partial charge in [-0.1, -0.05) is 206 Å². The van der Waals surface area contributed by atoms with Crippen LogP contribution in [0.5, 0.6) is 0 Å². The molecule has 0 saturated heterocycles. The first-order valence-electron chi connectivity index (χ1n) is 19.6. The molecule has 0 aliphatic rings. The highest BCUT2D eigenvalue weighted by atomic mass is 15.1. The Labute approximate surface area is 334 Å². The van der Waals surface area contributed by atoms with Crippen LogP contribution in [0.1, 0.15) is 0 Å². The first-order valence-corrected chi connectivity index (χ1v) is 19.6. The van der Waals surface area contributed by atoms with Crippen LogP contribution >= 0.6 is 0 Å². The topological polar surface area (TPSA) is 3.24 Å². The van der Waals surface area contributed by atoms with Crippen molar-refractivity contribution in [2.24, 2.45) is 0 Å². The number of anilines is 3. The lowest BCUT2D eigenvalue weighted by Crippen LogP contribution is -2.11. The zero-order chi connectivity index (χ0) is 38.0. The van der Waals surface area contributed by atoms with Crippen molar-refractivity contribution in [3.05, 3.63) is 237 Å². The molecule has 10 rings (SSSR count). The monoisotopic (exact) mass is 725 g/mol. The fraction of sp³-hybridized carbons (Fsp3) is 0. The van der Waals surface area contributed by atoms with Gasteiger partial charge in [0, 0.05) is 16.9 Å². The van der Waals surface area contributed by atoms with Crippen molar-refractivity contribution in [3.63, 3.8) is 0 Å². The lowest BCUT2D eigenvalue weighted by molar-refractivity contribution is 1.28. The zero-order valence-electron chi connectivity index (χ0n) is 31.5. The third kappa shape index (κ3) is 6.66. The van der Waals surface area contributed by atoms with Crippen LogP contribution in [0.4, 0.5) is 17.1 Å². The second-order valence-corrected chi connectivity index (χ2v) is 14.5. The molecule has 10 aromatic rings. The summed E-state index contributed by atoms with van der Waals surface area (Å²) in [5.41, 5.74) is 15.2. The molecule has 0 amide bonds. The lowest BCUT2D eigenvalue weighted by Gasteiger charge is -2.29. The summed E-state index contributed by atoms with van der Waals surface area (Å²) in [6.45, 7) is 0. The van der Waals surface area contributed by atoms with Crippen molar-refractivity contribution in [3.8, 4) is 55.6 Å². The molecule has 0 radical (unpaired) electrons. The van der Waals surface area contributed by atoms with E-state index in [1.54, 1.807) is 0 Å². The molecule has 1 heteroatoms. The molecule has 268 valence electrons. The second kappa shape index (κ2) is 15.0. The Morgan fingerprint density at radius 2 is 0.596 bits per heavy atom. The molecule has 0 aromatic heterocycles. The van der Waals surface area contributed by atoms with Crippen LogP contribution < -0.4 is 4.90 Å². The van der Waals surface area contributed by atoms with Crippen LogP contribution in [0, 0.1) is 0 Å². The average molecular weight is 726 g/mol. The Morgan fingerprint density at radius 3 is 1.11 bits per heavy atom. The molecule has 0 atom stereocenters. The molecule has 0 aliphatic carbocycles. The first kappa shape index (κ1) is 34.0. The summed E-state index contributed by atoms with van der Waals surface area (Å²) in [5, 5.41) is 4.93. The average Bonchev–Trinajstić information content (AvgIpc) is 3.30. The Hall–Kier alpha value is -7.48. The number of rotatable bonds is 8. The summed E-state index contributed by atoms with van der Waals surface area (Å²) in [5.74, 6) is 0. The van der Waals surface area contributed by atoms with E-state index in [0.717, 1.165) is 17.1 Å². The quantitative estimate of drug-likeness (QED) is 0.151. The lowest BCUT2D eigenvalue weighted by atomic mass is 9.92. The van der Waals surface area contributed by atoms with Crippen molar-refractivity contribution in [1.82, 2.24) is 0 Å². The van der Waals surface area contributed by atoms with Gasteiger partial charge in [0.2, 0.25) is 0 Å². The molecule has 0 spiro atoms. The Kier molecular flexibility index (Phi) is 8.95. The van der Waals surface area contributed by atoms with Crippen LogP contribution in [0.25, 0.3) is 77.2 Å². The summed E-state index contributed by atoms with van der Waals surface area (Å²) in [6.07, 6.45) is 0. The molecule has 1 nitrogen and oxygen atoms in total. The Bertz CT molecular complexity index is 2950. The fourth-order valence-electron chi connectivity index (χ4n) is 8.20. The maximum atomic E-state index is 2.43. The van der Waals surface area contributed by atoms with Gasteiger partial charge in [-0.15, -0.1) is 0 Å². The largest absolute Gasteiger partial charge is 0.310 e. The van der Waals surface area contributed by atoms with E-state index in [1.807, 2.05) is 0 Å². The van der Waals surface area contributed by atoms with E-state index in [9.17, 15) is 0 Å². The van der Waals surface area contributed by atoms with Crippen molar-refractivity contribution < 1.29 is 0 Å². The standard InChI is InChI=1S/C56H39N/c1-3-13-40(14-4-1)42-25-27-43(28-26-42)45-31-36-50(37-32-45)57(49-34-29-44(30-35-49)41-15-5-2-6-16-41)56-39-48(53-23-11-19-46-17-7-9-21-51(46)53)33-38-55(56)54-24-12-20-47-18-8-10-22-52(47)54/h1-39H. The van der Waals surface area contributed by atoms with Gasteiger partial charge in [0.25, 0.3) is 0 Å². The van der Waals surface area contributed by atoms with E-state index >= 15 is 0 Å². The van der Waals surface area contributed by atoms with Crippen molar-refractivity contribution in [2.75, 3.05) is 4.90 Å². The highest BCUT2D eigenvalue weighted by Crippen LogP contribution is 2.46. The molecule has 0 fully saturated rings. The molecule has 0 saturated carbocycles. The predicted octanol–water partition coefficient (Wildman–Crippen LogP) is 15.8. The van der Waals surface area contributed by atoms with Gasteiger partial charge < -0.3 is 4.90 Å². The van der Waals surface area contributed by atoms with Crippen molar-refractivity contribution >= 4 is 38.6 Å². The summed E-state index contributed by atoms with van der Waals surface area (Å²) in [4.78, 5) is 2.43. The van der Waals surface area contributed by atoms with E-state index in [0.29, 0.717) is 0 Å². The molecule has 10 aromatic carbocycles. The SMILES string of the molecule is c1ccc(-c2ccc(-c3ccc(N(c4ccc(-c5ccccc5)cc4)c4cc(-c5cccc6ccccc56)ccc4-c4cccc5ccccc45)cc3)cc2)cc1. The van der Waals surface area contributed by atoms with Crippen LogP contribution in [-0.2, 0) is 0 Å². The highest BCUT2D eigenvalue weighted by molar-refractivity contribution is 6.04. The van der Waals surface area contributed by atoms with Crippen molar-refractivity contribution in [2.45, 2.75) is 0 Å². The first-order chi connectivity index (χ1) is 28.3. The summed E-state index contributed by atoms with van der Waals surface area (Å²) in [6, 6.07) is 85.7. The number of hydrogen-bond donors (Lipinski definition) is 0. The van der Waals surface area contributed by atoms with Gasteiger partial charge in [-0.25, -0.2) is 0 Å². The van der Waals surface area contributed by atoms with E-state index in [4.69, 9.17) is 0 Å². The van der Waals surface area contributed by atoms with Crippen molar-refractivity contribution in [1.29, 1.82) is 0 Å². The molecule has 0 unspecified atom stereocenters. The summed E-state index contributed by atoms with van der Waals surface area (Å²) in [7, 11) is 0. The number of fused-ring (bicyclic) bond motifs is 2. The van der Waals surface area contributed by atoms with Crippen LogP contribution in [0.15, 0.2) is 237 Å². The van der Waals surface area contributed by atoms with Gasteiger partial charge in [0.1, 0.15) is 0 Å². The van der Waals surface area contributed by atoms with Crippen LogP contribution in [-0.4, -0.2) is 0 Å². The maximum absolute atomic E-state index is 2.43. The van der Waals surface area contributed by atoms with Gasteiger partial charge in [0.15, 0.2) is 0 Å². The smallest absolute Gasteiger partial charge is 0.0546 e. The molecule has 0 N–H and O–H groups in total. The minimum absolute atomic E-state index is 1.09. The molecule has 0 bridgehead atoms. The number of benzene rings is 10. The number of hydrogen-bond acceptors (Lipinski definition) is 1. The predicted molar refractivity (Wildman–Crippen MR) is 243 cm³/mol. The van der Waals surface area contributed by atoms with Crippen LogP contribution in [0.2, 0.25) is 0 Å². The van der Waals surface area contributed by atoms with Gasteiger partial charge >= 0.3 is 0 Å². The molecule has 0 heterocycles. The van der Waals surface area contributed by atoms with Gasteiger partial charge in [-0.2, -0.15) is 0 Å². The van der Waals surface area contributed by atoms with E-state index in [2.05, 4.69) is 241 Å². The minimum Gasteiger partial charge on any atom is -0.310 e. The third-order valence-electron chi connectivity index (χ3n) is 11.1. The Balaban J connectivity index is 1.16. The summed E-state index contributed by atoms with van der Waals surface area (Å²) < 4.78 is 0. The van der Waals surface area contributed by atoms with E-state index in [1.165, 1.54) is 77.2 Å². The summed E-state index contributed by atoms with van der Waals surface area (Å²) >= 11 is 0. The highest BCUT2D eigenvalue weighted by Gasteiger charge is 2.21. The normalized spacial score (nSPS) is 11.2. The number of nitrogens with zero attached hydrogens (tertiary/aromatic N) is 1. The Morgan fingerprint density at radius 1 is 0.228 bits per heavy atom.